The second-order valence-corrected chi connectivity index (χ2v) is 10.9. The summed E-state index contributed by atoms with van der Waals surface area (Å²) in [5, 5.41) is 13.5. The Balaban J connectivity index is 1.08. The van der Waals surface area contributed by atoms with Crippen LogP contribution in [0.3, 0.4) is 0 Å². The Labute approximate surface area is 258 Å². The van der Waals surface area contributed by atoms with Gasteiger partial charge in [-0.05, 0) is 103 Å². The number of amides is 2. The lowest BCUT2D eigenvalue weighted by Gasteiger charge is -2.09. The van der Waals surface area contributed by atoms with E-state index in [1.807, 2.05) is 73.8 Å². The molecule has 0 aliphatic carbocycles. The number of carbonyl (C=O) groups excluding carboxylic acids is 2. The van der Waals surface area contributed by atoms with Crippen LogP contribution in [-0.2, 0) is 4.79 Å². The fourth-order valence-corrected chi connectivity index (χ4v) is 4.82. The first-order valence-corrected chi connectivity index (χ1v) is 14.6. The summed E-state index contributed by atoms with van der Waals surface area (Å²) < 4.78 is 5.58. The number of ether oxygens (including phenoxy) is 1. The number of rotatable bonds is 10. The number of hydrazone groups is 1. The van der Waals surface area contributed by atoms with Crippen LogP contribution < -0.4 is 20.8 Å². The van der Waals surface area contributed by atoms with Gasteiger partial charge in [0, 0.05) is 32.9 Å². The molecule has 0 saturated carbocycles. The number of aromatic nitrogens is 1. The zero-order valence-electron chi connectivity index (χ0n) is 23.4. The number of aryl methyl sites for hydroxylation is 2. The van der Waals surface area contributed by atoms with E-state index in [2.05, 4.69) is 26.1 Å². The normalized spacial score (nSPS) is 10.9. The fraction of sp³-hybridized carbons (Fsp3) is 0.0909. The van der Waals surface area contributed by atoms with Crippen molar-refractivity contribution in [1.29, 1.82) is 0 Å². The number of nitrogens with zero attached hydrogens (tertiary/aromatic N) is 2. The third-order valence-corrected chi connectivity index (χ3v) is 7.47. The maximum absolute atomic E-state index is 12.6. The molecule has 0 saturated heterocycles. The summed E-state index contributed by atoms with van der Waals surface area (Å²) >= 11 is 7.43. The molecule has 3 N–H and O–H groups in total. The molecule has 43 heavy (non-hydrogen) atoms. The highest BCUT2D eigenvalue weighted by Gasteiger charge is 2.09. The highest BCUT2D eigenvalue weighted by molar-refractivity contribution is 7.14. The summed E-state index contributed by atoms with van der Waals surface area (Å²) in [6.07, 6.45) is 1.53. The smallest absolute Gasteiger partial charge is 0.271 e. The van der Waals surface area contributed by atoms with Crippen molar-refractivity contribution in [2.45, 2.75) is 13.8 Å². The van der Waals surface area contributed by atoms with Gasteiger partial charge in [-0.15, -0.1) is 11.3 Å². The van der Waals surface area contributed by atoms with Crippen LogP contribution in [0, 0.1) is 13.8 Å². The van der Waals surface area contributed by atoms with Crippen LogP contribution in [0.25, 0.3) is 11.3 Å². The highest BCUT2D eigenvalue weighted by Crippen LogP contribution is 2.28. The van der Waals surface area contributed by atoms with Crippen molar-refractivity contribution in [3.63, 3.8) is 0 Å². The Morgan fingerprint density at radius 3 is 2.35 bits per heavy atom. The molecule has 0 aliphatic heterocycles. The minimum absolute atomic E-state index is 0.112. The van der Waals surface area contributed by atoms with Crippen LogP contribution in [0.5, 0.6) is 5.75 Å². The van der Waals surface area contributed by atoms with Gasteiger partial charge in [-0.3, -0.25) is 9.59 Å². The molecule has 0 unspecified atom stereocenters. The molecule has 0 radical (unpaired) electrons. The number of thiazole rings is 1. The molecule has 216 valence electrons. The van der Waals surface area contributed by atoms with Crippen molar-refractivity contribution < 1.29 is 14.3 Å². The van der Waals surface area contributed by atoms with Gasteiger partial charge in [0.1, 0.15) is 5.75 Å². The van der Waals surface area contributed by atoms with Crippen molar-refractivity contribution in [3.8, 4) is 17.0 Å². The molecule has 2 amide bonds. The fourth-order valence-electron chi connectivity index (χ4n) is 3.96. The maximum atomic E-state index is 12.6. The van der Waals surface area contributed by atoms with Gasteiger partial charge in [-0.25, -0.2) is 10.4 Å². The molecular weight excluding hydrogens is 582 g/mol. The minimum atomic E-state index is -0.332. The van der Waals surface area contributed by atoms with Gasteiger partial charge in [0.15, 0.2) is 11.7 Å². The van der Waals surface area contributed by atoms with Crippen LogP contribution in [0.2, 0.25) is 5.02 Å². The van der Waals surface area contributed by atoms with E-state index in [1.165, 1.54) is 17.6 Å². The molecule has 0 aliphatic rings. The standard InChI is InChI=1S/C33H28ClN5O3S/c1-21-3-12-28(17-22(21)2)36-31(40)19-42-29-15-4-23(5-16-29)18-35-39-32(41)25-8-6-24(7-9-25)30-20-43-33(38-30)37-27-13-10-26(34)11-14-27/h3-18,20H,19H2,1-2H3,(H,36,40)(H,37,38)(H,39,41)/b35-18-. The number of carbonyl (C=O) groups is 2. The molecule has 5 aromatic rings. The Morgan fingerprint density at radius 2 is 1.63 bits per heavy atom. The first kappa shape index (κ1) is 29.5. The molecule has 0 fully saturated rings. The predicted octanol–water partition coefficient (Wildman–Crippen LogP) is 7.61. The monoisotopic (exact) mass is 609 g/mol. The van der Waals surface area contributed by atoms with E-state index >= 15 is 0 Å². The SMILES string of the molecule is Cc1ccc(NC(=O)COc2ccc(/C=N\NC(=O)c3ccc(-c4csc(Nc5ccc(Cl)cc5)n4)cc3)cc2)cc1C. The van der Waals surface area contributed by atoms with Crippen molar-refractivity contribution in [2.75, 3.05) is 17.2 Å². The molecule has 0 spiro atoms. The average molecular weight is 610 g/mol. The Kier molecular flexibility index (Phi) is 9.46. The third kappa shape index (κ3) is 8.28. The number of anilines is 3. The van der Waals surface area contributed by atoms with E-state index < -0.39 is 0 Å². The van der Waals surface area contributed by atoms with Crippen molar-refractivity contribution in [1.82, 2.24) is 10.4 Å². The van der Waals surface area contributed by atoms with Gasteiger partial charge in [-0.2, -0.15) is 5.10 Å². The molecule has 1 aromatic heterocycles. The zero-order valence-corrected chi connectivity index (χ0v) is 25.0. The van der Waals surface area contributed by atoms with E-state index in [0.29, 0.717) is 16.3 Å². The van der Waals surface area contributed by atoms with E-state index in [9.17, 15) is 9.59 Å². The summed E-state index contributed by atoms with van der Waals surface area (Å²) in [5.74, 6) is -0.0300. The van der Waals surface area contributed by atoms with Gasteiger partial charge >= 0.3 is 0 Å². The topological polar surface area (TPSA) is 105 Å². The molecule has 5 rings (SSSR count). The lowest BCUT2D eigenvalue weighted by atomic mass is 10.1. The van der Waals surface area contributed by atoms with E-state index in [1.54, 1.807) is 36.4 Å². The van der Waals surface area contributed by atoms with E-state index in [-0.39, 0.29) is 18.4 Å². The Bertz CT molecular complexity index is 1750. The van der Waals surface area contributed by atoms with E-state index in [0.717, 1.165) is 44.5 Å². The Morgan fingerprint density at radius 1 is 0.907 bits per heavy atom. The Hall–Kier alpha value is -4.99. The van der Waals surface area contributed by atoms with Gasteiger partial charge in [0.2, 0.25) is 0 Å². The zero-order chi connectivity index (χ0) is 30.2. The van der Waals surface area contributed by atoms with Crippen molar-refractivity contribution >= 4 is 57.5 Å². The number of hydrogen-bond donors (Lipinski definition) is 3. The van der Waals surface area contributed by atoms with Crippen LogP contribution in [-0.4, -0.2) is 29.6 Å². The number of nitrogens with one attached hydrogen (secondary N) is 3. The van der Waals surface area contributed by atoms with Crippen LogP contribution in [0.1, 0.15) is 27.0 Å². The van der Waals surface area contributed by atoms with Crippen LogP contribution >= 0.6 is 22.9 Å². The largest absolute Gasteiger partial charge is 0.484 e. The lowest BCUT2D eigenvalue weighted by Crippen LogP contribution is -2.20. The van der Waals surface area contributed by atoms with Gasteiger partial charge in [0.25, 0.3) is 11.8 Å². The molecule has 10 heteroatoms. The molecule has 8 nitrogen and oxygen atoms in total. The number of halogens is 1. The van der Waals surface area contributed by atoms with Gasteiger partial charge in [0.05, 0.1) is 11.9 Å². The molecule has 4 aromatic carbocycles. The molecule has 0 atom stereocenters. The van der Waals surface area contributed by atoms with E-state index in [4.69, 9.17) is 16.3 Å². The first-order chi connectivity index (χ1) is 20.8. The molecule has 1 heterocycles. The second kappa shape index (κ2) is 13.8. The molecular formula is C33H28ClN5O3S. The summed E-state index contributed by atoms with van der Waals surface area (Å²) in [6, 6.07) is 27.4. The van der Waals surface area contributed by atoms with Gasteiger partial charge < -0.3 is 15.4 Å². The summed E-state index contributed by atoms with van der Waals surface area (Å²) in [5.41, 5.74) is 9.37. The predicted molar refractivity (Wildman–Crippen MR) is 174 cm³/mol. The highest BCUT2D eigenvalue weighted by atomic mass is 35.5. The van der Waals surface area contributed by atoms with Crippen molar-refractivity contribution in [2.24, 2.45) is 5.10 Å². The number of hydrogen-bond acceptors (Lipinski definition) is 7. The van der Waals surface area contributed by atoms with Crippen LogP contribution in [0.15, 0.2) is 101 Å². The third-order valence-electron chi connectivity index (χ3n) is 6.46. The first-order valence-electron chi connectivity index (χ1n) is 13.3. The average Bonchev–Trinajstić information content (AvgIpc) is 3.48. The lowest BCUT2D eigenvalue weighted by molar-refractivity contribution is -0.118. The number of benzene rings is 4. The minimum Gasteiger partial charge on any atom is -0.484 e. The summed E-state index contributed by atoms with van der Waals surface area (Å²) in [6.45, 7) is 3.91. The second-order valence-electron chi connectivity index (χ2n) is 9.65. The summed E-state index contributed by atoms with van der Waals surface area (Å²) in [7, 11) is 0. The van der Waals surface area contributed by atoms with Crippen molar-refractivity contribution in [3.05, 3.63) is 124 Å². The van der Waals surface area contributed by atoms with Crippen LogP contribution in [0.4, 0.5) is 16.5 Å². The summed E-state index contributed by atoms with van der Waals surface area (Å²) in [4.78, 5) is 29.4. The van der Waals surface area contributed by atoms with Gasteiger partial charge in [-0.1, -0.05) is 29.8 Å². The molecule has 0 bridgehead atoms. The quantitative estimate of drug-likeness (QED) is 0.112. The maximum Gasteiger partial charge on any atom is 0.271 e.